The number of fused-ring (bicyclic) bond motifs is 1. The summed E-state index contributed by atoms with van der Waals surface area (Å²) in [5.41, 5.74) is 1.78. The summed E-state index contributed by atoms with van der Waals surface area (Å²) in [6.45, 7) is 2.66. The molecule has 5 heteroatoms. The Balaban J connectivity index is 2.07. The number of halogens is 1. The topological polar surface area (TPSA) is 40.4 Å². The largest absolute Gasteiger partial charge is 0.501 e. The molecule has 112 valence electrons. The molecule has 1 aromatic rings. The van der Waals surface area contributed by atoms with Crippen LogP contribution in [0.1, 0.15) is 12.5 Å². The van der Waals surface area contributed by atoms with Gasteiger partial charge in [0.15, 0.2) is 0 Å². The molecule has 0 radical (unpaired) electrons. The van der Waals surface area contributed by atoms with Crippen molar-refractivity contribution in [1.29, 1.82) is 0 Å². The zero-order chi connectivity index (χ0) is 15.7. The molecule has 0 fully saturated rings. The third kappa shape index (κ3) is 2.57. The fraction of sp³-hybridized carbons (Fsp3) is 0.235. The van der Waals surface area contributed by atoms with Gasteiger partial charge >= 0.3 is 11.9 Å². The van der Waals surface area contributed by atoms with Crippen LogP contribution in [-0.4, -0.2) is 33.7 Å². The van der Waals surface area contributed by atoms with Gasteiger partial charge in [-0.25, -0.2) is 4.79 Å². The quantitative estimate of drug-likeness (QED) is 0.778. The van der Waals surface area contributed by atoms with Crippen molar-refractivity contribution in [1.82, 2.24) is 4.90 Å². The normalized spacial score (nSPS) is 21.1. The summed E-state index contributed by atoms with van der Waals surface area (Å²) >= 11 is 3.41. The summed E-state index contributed by atoms with van der Waals surface area (Å²) in [5, 5.41) is 0. The lowest BCUT2D eigenvalue weighted by Gasteiger charge is -2.26. The van der Waals surface area contributed by atoms with Crippen molar-refractivity contribution in [3.05, 3.63) is 58.6 Å². The van der Waals surface area contributed by atoms with Crippen molar-refractivity contribution < 1.29 is 14.2 Å². The van der Waals surface area contributed by atoms with Crippen LogP contribution in [0.2, 0.25) is 0 Å². The molecule has 0 aromatic heterocycles. The lowest BCUT2D eigenvalue weighted by molar-refractivity contribution is -0.456. The number of benzene rings is 1. The van der Waals surface area contributed by atoms with Gasteiger partial charge in [0.1, 0.15) is 18.2 Å². The van der Waals surface area contributed by atoms with E-state index in [1.165, 1.54) is 4.90 Å². The monoisotopic (exact) mass is 359 g/mol. The number of urea groups is 1. The first kappa shape index (κ1) is 14.9. The molecule has 1 heterocycles. The molecule has 0 spiro atoms. The Morgan fingerprint density at radius 3 is 2.59 bits per heavy atom. The van der Waals surface area contributed by atoms with Crippen LogP contribution in [-0.2, 0) is 11.3 Å². The van der Waals surface area contributed by atoms with Gasteiger partial charge in [0.05, 0.1) is 6.54 Å². The van der Waals surface area contributed by atoms with E-state index in [-0.39, 0.29) is 11.9 Å². The number of carbonyl (C=O) groups is 2. The Labute approximate surface area is 137 Å². The van der Waals surface area contributed by atoms with Crippen LogP contribution in [0, 0.1) is 5.92 Å². The van der Waals surface area contributed by atoms with Crippen molar-refractivity contribution >= 4 is 33.6 Å². The average molecular weight is 360 g/mol. The predicted octanol–water partition coefficient (Wildman–Crippen LogP) is 3.09. The molecule has 1 aromatic carbocycles. The molecule has 1 aliphatic heterocycles. The molecule has 1 atom stereocenters. The zero-order valence-electron chi connectivity index (χ0n) is 12.2. The Hall–Kier alpha value is -2.01. The molecule has 3 amide bonds. The second-order valence-corrected chi connectivity index (χ2v) is 6.14. The van der Waals surface area contributed by atoms with E-state index in [2.05, 4.69) is 15.9 Å². The van der Waals surface area contributed by atoms with Gasteiger partial charge in [-0.1, -0.05) is 46.3 Å². The molecular weight excluding hydrogens is 344 g/mol. The highest BCUT2D eigenvalue weighted by Gasteiger charge is 2.46. The SMILES string of the molecule is CCN1C(=O)C2C=C(Br)C=CC2=[N+](Cc2ccccc2)C1=O. The van der Waals surface area contributed by atoms with Gasteiger partial charge in [0, 0.05) is 4.48 Å². The molecule has 0 saturated heterocycles. The maximum Gasteiger partial charge on any atom is 0.501 e. The highest BCUT2D eigenvalue weighted by atomic mass is 79.9. The van der Waals surface area contributed by atoms with Crippen LogP contribution in [0.3, 0.4) is 0 Å². The maximum absolute atomic E-state index is 12.7. The van der Waals surface area contributed by atoms with Gasteiger partial charge in [0.2, 0.25) is 0 Å². The summed E-state index contributed by atoms with van der Waals surface area (Å²) in [6, 6.07) is 9.55. The number of nitrogens with zero attached hydrogens (tertiary/aromatic N) is 2. The van der Waals surface area contributed by atoms with Crippen molar-refractivity contribution in [3.8, 4) is 0 Å². The molecule has 3 rings (SSSR count). The van der Waals surface area contributed by atoms with Gasteiger partial charge in [0.25, 0.3) is 0 Å². The predicted molar refractivity (Wildman–Crippen MR) is 87.8 cm³/mol. The number of allylic oxidation sites excluding steroid dienone is 3. The molecular formula is C17H16BrN2O2+. The van der Waals surface area contributed by atoms with Crippen LogP contribution in [0.5, 0.6) is 0 Å². The third-order valence-corrected chi connectivity index (χ3v) is 4.39. The van der Waals surface area contributed by atoms with Gasteiger partial charge < -0.3 is 0 Å². The van der Waals surface area contributed by atoms with Gasteiger partial charge in [-0.3, -0.25) is 0 Å². The minimum Gasteiger partial charge on any atom is -0.245 e. The number of hydrogen-bond donors (Lipinski definition) is 0. The lowest BCUT2D eigenvalue weighted by Crippen LogP contribution is -2.54. The molecule has 1 unspecified atom stereocenters. The first-order valence-electron chi connectivity index (χ1n) is 7.21. The molecule has 0 bridgehead atoms. The minimum absolute atomic E-state index is 0.159. The van der Waals surface area contributed by atoms with Crippen molar-refractivity contribution in [2.45, 2.75) is 13.5 Å². The summed E-state index contributed by atoms with van der Waals surface area (Å²) in [7, 11) is 0. The Morgan fingerprint density at radius 1 is 1.18 bits per heavy atom. The van der Waals surface area contributed by atoms with Gasteiger partial charge in [-0.2, -0.15) is 14.3 Å². The molecule has 0 N–H and O–H groups in total. The third-order valence-electron chi connectivity index (χ3n) is 3.86. The number of imide groups is 1. The van der Waals surface area contributed by atoms with Crippen LogP contribution < -0.4 is 0 Å². The van der Waals surface area contributed by atoms with Crippen LogP contribution >= 0.6 is 15.9 Å². The van der Waals surface area contributed by atoms with Gasteiger partial charge in [-0.15, -0.1) is 0 Å². The molecule has 4 nitrogen and oxygen atoms in total. The molecule has 22 heavy (non-hydrogen) atoms. The standard InChI is InChI=1S/C17H16BrN2O2/c1-2-19-16(21)14-10-13(18)8-9-15(14)20(17(19)22)11-12-6-4-3-5-7-12/h3-10,14H,2,11H2,1H3/q+1. The first-order chi connectivity index (χ1) is 10.6. The van der Waals surface area contributed by atoms with Crippen LogP contribution in [0.25, 0.3) is 0 Å². The fourth-order valence-electron chi connectivity index (χ4n) is 2.76. The Bertz CT molecular complexity index is 719. The maximum atomic E-state index is 12.7. The average Bonchev–Trinajstić information content (AvgIpc) is 2.53. The summed E-state index contributed by atoms with van der Waals surface area (Å²) < 4.78 is 2.55. The summed E-state index contributed by atoms with van der Waals surface area (Å²) in [5.74, 6) is -0.561. The van der Waals surface area contributed by atoms with Crippen LogP contribution in [0.4, 0.5) is 4.79 Å². The van der Waals surface area contributed by atoms with E-state index in [9.17, 15) is 9.59 Å². The number of amides is 3. The first-order valence-corrected chi connectivity index (χ1v) is 8.00. The van der Waals surface area contributed by atoms with E-state index in [0.717, 1.165) is 15.8 Å². The lowest BCUT2D eigenvalue weighted by atomic mass is 9.94. The van der Waals surface area contributed by atoms with E-state index in [1.807, 2.05) is 55.5 Å². The van der Waals surface area contributed by atoms with E-state index in [0.29, 0.717) is 13.1 Å². The van der Waals surface area contributed by atoms with E-state index < -0.39 is 5.92 Å². The summed E-state index contributed by atoms with van der Waals surface area (Å²) in [4.78, 5) is 26.5. The number of carbonyl (C=O) groups excluding carboxylic acids is 2. The second kappa shape index (κ2) is 6.01. The van der Waals surface area contributed by atoms with Gasteiger partial charge in [-0.05, 0) is 30.7 Å². The van der Waals surface area contributed by atoms with E-state index in [4.69, 9.17) is 0 Å². The van der Waals surface area contributed by atoms with E-state index >= 15 is 0 Å². The second-order valence-electron chi connectivity index (χ2n) is 5.22. The summed E-state index contributed by atoms with van der Waals surface area (Å²) in [6.07, 6.45) is 5.57. The van der Waals surface area contributed by atoms with Crippen LogP contribution in [0.15, 0.2) is 53.0 Å². The molecule has 0 saturated carbocycles. The smallest absolute Gasteiger partial charge is 0.245 e. The highest BCUT2D eigenvalue weighted by molar-refractivity contribution is 9.11. The highest BCUT2D eigenvalue weighted by Crippen LogP contribution is 2.25. The van der Waals surface area contributed by atoms with Crippen molar-refractivity contribution in [3.63, 3.8) is 0 Å². The van der Waals surface area contributed by atoms with Crippen molar-refractivity contribution in [2.75, 3.05) is 6.54 Å². The Kier molecular flexibility index (Phi) is 4.07. The number of rotatable bonds is 3. The van der Waals surface area contributed by atoms with E-state index in [1.54, 1.807) is 4.58 Å². The Morgan fingerprint density at radius 2 is 1.91 bits per heavy atom. The molecule has 2 aliphatic rings. The van der Waals surface area contributed by atoms with Crippen molar-refractivity contribution in [2.24, 2.45) is 5.92 Å². The number of hydrogen-bond acceptors (Lipinski definition) is 2. The minimum atomic E-state index is -0.402. The zero-order valence-corrected chi connectivity index (χ0v) is 13.8. The molecule has 1 aliphatic carbocycles. The fourth-order valence-corrected chi connectivity index (χ4v) is 3.16.